The Morgan fingerprint density at radius 3 is 2.63 bits per heavy atom. The van der Waals surface area contributed by atoms with Gasteiger partial charge in [-0.05, 0) is 51.2 Å². The molecule has 0 fully saturated rings. The highest BCUT2D eigenvalue weighted by atomic mass is 14.6. The zero-order valence-corrected chi connectivity index (χ0v) is 12.4. The molecule has 0 spiro atoms. The van der Waals surface area contributed by atoms with Crippen molar-refractivity contribution in [3.05, 3.63) is 59.3 Å². The monoisotopic (exact) mass is 256 g/mol. The summed E-state index contributed by atoms with van der Waals surface area (Å²) in [5.74, 6) is 0. The fraction of sp³-hybridized carbons (Fsp3) is 0.389. The first-order valence-electron chi connectivity index (χ1n) is 7.03. The van der Waals surface area contributed by atoms with Gasteiger partial charge in [-0.3, -0.25) is 4.99 Å². The van der Waals surface area contributed by atoms with Gasteiger partial charge in [0.1, 0.15) is 0 Å². The molecule has 102 valence electrons. The van der Waals surface area contributed by atoms with Crippen molar-refractivity contribution in [2.24, 2.45) is 4.99 Å². The summed E-state index contributed by atoms with van der Waals surface area (Å²) >= 11 is 0. The van der Waals surface area contributed by atoms with E-state index in [1.54, 1.807) is 7.05 Å². The molecule has 0 aromatic heterocycles. The van der Waals surface area contributed by atoms with E-state index in [0.717, 1.165) is 0 Å². The largest absolute Gasteiger partial charge is 1.00 e. The maximum absolute atomic E-state index is 3.93. The van der Waals surface area contributed by atoms with Gasteiger partial charge >= 0.3 is 1.43 Å². The summed E-state index contributed by atoms with van der Waals surface area (Å²) in [6.07, 6.45) is 22.1. The third-order valence-corrected chi connectivity index (χ3v) is 3.09. The van der Waals surface area contributed by atoms with E-state index in [-0.39, 0.29) is 1.43 Å². The van der Waals surface area contributed by atoms with E-state index in [9.17, 15) is 0 Å². The SMILES string of the molecule is CN=C/C=C(C)/C=C/C=C(C)/C=C/C1=CCCCC1.[H+]. The predicted molar refractivity (Wildman–Crippen MR) is 87.9 cm³/mol. The molecule has 0 unspecified atom stereocenters. The van der Waals surface area contributed by atoms with Crippen LogP contribution in [0, 0.1) is 0 Å². The van der Waals surface area contributed by atoms with E-state index >= 15 is 0 Å². The normalized spacial score (nSPS) is 18.8. The van der Waals surface area contributed by atoms with Crippen LogP contribution in [0.15, 0.2) is 64.2 Å². The molecular weight excluding hydrogens is 230 g/mol. The standard InChI is InChI=1S/C18H25N/c1-16(8-7-9-17(2)14-15-19-3)12-13-18-10-5-4-6-11-18/h7-10,12-15H,4-6,11H2,1-3H3/p+1/b9-7+,13-12+,16-8+,17-14+,19-15?. The molecule has 0 aromatic rings. The molecule has 1 nitrogen and oxygen atoms in total. The molecule has 1 heteroatoms. The Labute approximate surface area is 119 Å². The van der Waals surface area contributed by atoms with E-state index < -0.39 is 0 Å². The van der Waals surface area contributed by atoms with E-state index in [4.69, 9.17) is 0 Å². The van der Waals surface area contributed by atoms with E-state index in [2.05, 4.69) is 55.3 Å². The van der Waals surface area contributed by atoms with Crippen molar-refractivity contribution in [2.75, 3.05) is 7.05 Å². The van der Waals surface area contributed by atoms with E-state index in [0.29, 0.717) is 0 Å². The minimum atomic E-state index is 0. The molecule has 1 rings (SSSR count). The molecule has 19 heavy (non-hydrogen) atoms. The van der Waals surface area contributed by atoms with Crippen LogP contribution in [0.4, 0.5) is 0 Å². The van der Waals surface area contributed by atoms with Crippen LogP contribution in [0.3, 0.4) is 0 Å². The van der Waals surface area contributed by atoms with Crippen LogP contribution >= 0.6 is 0 Å². The second-order valence-corrected chi connectivity index (χ2v) is 4.95. The fourth-order valence-corrected chi connectivity index (χ4v) is 1.91. The lowest BCUT2D eigenvalue weighted by molar-refractivity contribution is 0.712. The summed E-state index contributed by atoms with van der Waals surface area (Å²) in [4.78, 5) is 3.93. The van der Waals surface area contributed by atoms with Gasteiger partial charge in [0.25, 0.3) is 0 Å². The summed E-state index contributed by atoms with van der Waals surface area (Å²) in [6.45, 7) is 4.21. The molecule has 0 N–H and O–H groups in total. The maximum atomic E-state index is 3.93. The van der Waals surface area contributed by atoms with Gasteiger partial charge < -0.3 is 0 Å². The summed E-state index contributed by atoms with van der Waals surface area (Å²) in [5, 5.41) is 0. The van der Waals surface area contributed by atoms with Gasteiger partial charge in [0.05, 0.1) is 0 Å². The number of hydrogen-bond donors (Lipinski definition) is 0. The summed E-state index contributed by atoms with van der Waals surface area (Å²) in [5.41, 5.74) is 3.96. The number of rotatable bonds is 5. The number of hydrogen-bond acceptors (Lipinski definition) is 1. The van der Waals surface area contributed by atoms with Crippen molar-refractivity contribution in [2.45, 2.75) is 39.5 Å². The highest BCUT2D eigenvalue weighted by Crippen LogP contribution is 2.18. The first kappa shape index (κ1) is 15.4. The van der Waals surface area contributed by atoms with E-state index in [1.165, 1.54) is 42.4 Å². The van der Waals surface area contributed by atoms with Gasteiger partial charge in [0, 0.05) is 13.3 Å². The van der Waals surface area contributed by atoms with Crippen LogP contribution in [0.25, 0.3) is 0 Å². The maximum Gasteiger partial charge on any atom is 1.00 e. The van der Waals surface area contributed by atoms with E-state index in [1.807, 2.05) is 12.3 Å². The average Bonchev–Trinajstić information content (AvgIpc) is 2.44. The highest BCUT2D eigenvalue weighted by Gasteiger charge is 1.98. The third-order valence-electron chi connectivity index (χ3n) is 3.09. The summed E-state index contributed by atoms with van der Waals surface area (Å²) < 4.78 is 0. The molecule has 0 amide bonds. The van der Waals surface area contributed by atoms with Crippen molar-refractivity contribution in [3.8, 4) is 0 Å². The molecule has 0 saturated carbocycles. The predicted octanol–water partition coefficient (Wildman–Crippen LogP) is 5.30. The van der Waals surface area contributed by atoms with Crippen LogP contribution in [-0.2, 0) is 0 Å². The summed E-state index contributed by atoms with van der Waals surface area (Å²) in [7, 11) is 1.78. The van der Waals surface area contributed by atoms with Crippen LogP contribution in [0.1, 0.15) is 41.0 Å². The molecule has 1 aliphatic rings. The molecule has 0 heterocycles. The minimum Gasteiger partial charge on any atom is -0.297 e. The van der Waals surface area contributed by atoms with Gasteiger partial charge in [-0.25, -0.2) is 0 Å². The zero-order chi connectivity index (χ0) is 13.9. The second kappa shape index (κ2) is 9.32. The highest BCUT2D eigenvalue weighted by molar-refractivity contribution is 5.72. The molecule has 0 saturated heterocycles. The smallest absolute Gasteiger partial charge is 0.297 e. The molecule has 0 atom stereocenters. The van der Waals surface area contributed by atoms with Gasteiger partial charge in [0.2, 0.25) is 0 Å². The van der Waals surface area contributed by atoms with Crippen LogP contribution in [0.5, 0.6) is 0 Å². The lowest BCUT2D eigenvalue weighted by Gasteiger charge is -2.07. The van der Waals surface area contributed by atoms with Crippen molar-refractivity contribution >= 4 is 6.21 Å². The number of allylic oxidation sites excluding steroid dienone is 10. The molecule has 0 bridgehead atoms. The molecule has 0 aliphatic heterocycles. The van der Waals surface area contributed by atoms with Gasteiger partial charge in [-0.1, -0.05) is 47.6 Å². The first-order chi connectivity index (χ1) is 9.22. The fourth-order valence-electron chi connectivity index (χ4n) is 1.91. The van der Waals surface area contributed by atoms with Crippen molar-refractivity contribution in [3.63, 3.8) is 0 Å². The topological polar surface area (TPSA) is 12.4 Å². The van der Waals surface area contributed by atoms with Crippen molar-refractivity contribution in [1.29, 1.82) is 0 Å². The lowest BCUT2D eigenvalue weighted by Crippen LogP contribution is -1.88. The van der Waals surface area contributed by atoms with Gasteiger partial charge in [-0.15, -0.1) is 0 Å². The lowest BCUT2D eigenvalue weighted by atomic mass is 9.99. The average molecular weight is 256 g/mol. The Balaban J connectivity index is 0.00000361. The summed E-state index contributed by atoms with van der Waals surface area (Å²) in [6, 6.07) is 0. The van der Waals surface area contributed by atoms with Crippen LogP contribution < -0.4 is 0 Å². The Morgan fingerprint density at radius 1 is 1.16 bits per heavy atom. The molecular formula is C18H26N+. The van der Waals surface area contributed by atoms with Gasteiger partial charge in [-0.2, -0.15) is 0 Å². The molecule has 0 aromatic carbocycles. The first-order valence-corrected chi connectivity index (χ1v) is 7.03. The molecule has 0 radical (unpaired) electrons. The van der Waals surface area contributed by atoms with Crippen molar-refractivity contribution in [1.82, 2.24) is 0 Å². The van der Waals surface area contributed by atoms with Gasteiger partial charge in [0.15, 0.2) is 0 Å². The quantitative estimate of drug-likeness (QED) is 0.467. The third kappa shape index (κ3) is 7.40. The Kier molecular flexibility index (Phi) is 7.57. The Morgan fingerprint density at radius 2 is 1.95 bits per heavy atom. The Hall–Kier alpha value is -1.63. The van der Waals surface area contributed by atoms with Crippen LogP contribution in [0.2, 0.25) is 0 Å². The molecule has 1 aliphatic carbocycles. The minimum absolute atomic E-state index is 0. The Bertz CT molecular complexity index is 448. The number of nitrogens with zero attached hydrogens (tertiary/aromatic N) is 1. The van der Waals surface area contributed by atoms with Crippen LogP contribution in [-0.4, -0.2) is 13.3 Å². The van der Waals surface area contributed by atoms with Crippen molar-refractivity contribution < 1.29 is 1.43 Å². The number of aliphatic imine (C=N–C) groups is 1. The zero-order valence-electron chi connectivity index (χ0n) is 13.4. The second-order valence-electron chi connectivity index (χ2n) is 4.95.